The zero-order valence-corrected chi connectivity index (χ0v) is 9.23. The van der Waals surface area contributed by atoms with E-state index >= 15 is 0 Å². The summed E-state index contributed by atoms with van der Waals surface area (Å²) < 4.78 is 13.4. The van der Waals surface area contributed by atoms with Crippen molar-refractivity contribution in [1.29, 1.82) is 0 Å². The first-order chi connectivity index (χ1) is 7.33. The number of hydrogen-bond acceptors (Lipinski definition) is 3. The number of aldehydes is 1. The highest BCUT2D eigenvalue weighted by Crippen LogP contribution is 2.32. The Hall–Kier alpha value is -0.740. The van der Waals surface area contributed by atoms with Crippen LogP contribution in [0.5, 0.6) is 0 Å². The average Bonchev–Trinajstić information content (AvgIpc) is 2.68. The normalized spacial score (nSPS) is 20.1. The maximum Gasteiger partial charge on any atom is 0.180 e. The van der Waals surface area contributed by atoms with Gasteiger partial charge in [-0.3, -0.25) is 0 Å². The summed E-state index contributed by atoms with van der Waals surface area (Å²) in [5.74, 6) is 0.0474. The Kier molecular flexibility index (Phi) is 3.49. The first-order valence-electron chi connectivity index (χ1n) is 5.22. The molecular weight excluding hydrogens is 213 g/mol. The van der Waals surface area contributed by atoms with Crippen molar-refractivity contribution >= 4 is 17.6 Å². The van der Waals surface area contributed by atoms with Gasteiger partial charge in [-0.25, -0.2) is 0 Å². The van der Waals surface area contributed by atoms with Crippen LogP contribution in [0.25, 0.3) is 0 Å². The minimum atomic E-state index is -0.252. The van der Waals surface area contributed by atoms with Gasteiger partial charge < -0.3 is 10.1 Å². The summed E-state index contributed by atoms with van der Waals surface area (Å²) in [6, 6.07) is 1.74. The second kappa shape index (κ2) is 4.86. The van der Waals surface area contributed by atoms with Gasteiger partial charge in [0.15, 0.2) is 5.13 Å². The van der Waals surface area contributed by atoms with Crippen LogP contribution in [0.4, 0.5) is 4.39 Å². The summed E-state index contributed by atoms with van der Waals surface area (Å²) >= 11 is 1.07. The van der Waals surface area contributed by atoms with Crippen LogP contribution in [0.15, 0.2) is 11.4 Å². The van der Waals surface area contributed by atoms with Crippen molar-refractivity contribution < 1.29 is 9.18 Å². The molecule has 0 spiro atoms. The molecule has 4 heteroatoms. The third-order valence-electron chi connectivity index (χ3n) is 3.04. The molecular formula is C11H14FNOS. The topological polar surface area (TPSA) is 29.1 Å². The van der Waals surface area contributed by atoms with Gasteiger partial charge in [0.05, 0.1) is 0 Å². The molecule has 2 heterocycles. The van der Waals surface area contributed by atoms with Crippen molar-refractivity contribution in [1.82, 2.24) is 5.32 Å². The Bertz CT molecular complexity index is 333. The van der Waals surface area contributed by atoms with Crippen molar-refractivity contribution in [3.8, 4) is 0 Å². The summed E-state index contributed by atoms with van der Waals surface area (Å²) in [7, 11) is 0. The number of piperidine rings is 1. The lowest BCUT2D eigenvalue weighted by atomic mass is 9.82. The van der Waals surface area contributed by atoms with Crippen LogP contribution in [0.1, 0.15) is 24.3 Å². The Labute approximate surface area is 92.5 Å². The molecule has 2 rings (SSSR count). The summed E-state index contributed by atoms with van der Waals surface area (Å²) in [5, 5.41) is 4.75. The van der Waals surface area contributed by atoms with E-state index in [0.29, 0.717) is 11.5 Å². The molecule has 1 fully saturated rings. The SMILES string of the molecule is O=CC(c1ccsc1F)C1CCNCC1. The minimum absolute atomic E-state index is 0.203. The molecule has 82 valence electrons. The van der Waals surface area contributed by atoms with Crippen LogP contribution in [-0.2, 0) is 4.79 Å². The van der Waals surface area contributed by atoms with E-state index in [1.54, 1.807) is 11.4 Å². The molecule has 0 aromatic carbocycles. The minimum Gasteiger partial charge on any atom is -0.317 e. The van der Waals surface area contributed by atoms with Crippen molar-refractivity contribution in [2.45, 2.75) is 18.8 Å². The van der Waals surface area contributed by atoms with E-state index in [9.17, 15) is 9.18 Å². The van der Waals surface area contributed by atoms with Gasteiger partial charge in [-0.2, -0.15) is 4.39 Å². The third kappa shape index (κ3) is 2.26. The highest BCUT2D eigenvalue weighted by atomic mass is 32.1. The summed E-state index contributed by atoms with van der Waals surface area (Å²) in [6.45, 7) is 1.86. The molecule has 0 saturated carbocycles. The Morgan fingerprint density at radius 1 is 1.53 bits per heavy atom. The molecule has 1 aliphatic heterocycles. The molecule has 1 aromatic heterocycles. The van der Waals surface area contributed by atoms with Crippen LogP contribution >= 0.6 is 11.3 Å². The van der Waals surface area contributed by atoms with E-state index < -0.39 is 0 Å². The fourth-order valence-corrected chi connectivity index (χ4v) is 2.86. The van der Waals surface area contributed by atoms with Crippen LogP contribution < -0.4 is 5.32 Å². The molecule has 1 unspecified atom stereocenters. The Morgan fingerprint density at radius 3 is 2.80 bits per heavy atom. The van der Waals surface area contributed by atoms with Crippen LogP contribution in [0, 0.1) is 11.0 Å². The number of thiophene rings is 1. The van der Waals surface area contributed by atoms with Gasteiger partial charge >= 0.3 is 0 Å². The smallest absolute Gasteiger partial charge is 0.180 e. The highest BCUT2D eigenvalue weighted by Gasteiger charge is 2.27. The van der Waals surface area contributed by atoms with Gasteiger partial charge in [0, 0.05) is 11.5 Å². The van der Waals surface area contributed by atoms with Crippen molar-refractivity contribution in [2.75, 3.05) is 13.1 Å². The second-order valence-electron chi connectivity index (χ2n) is 3.90. The molecule has 1 aliphatic rings. The van der Waals surface area contributed by atoms with Crippen LogP contribution in [0.2, 0.25) is 0 Å². The highest BCUT2D eigenvalue weighted by molar-refractivity contribution is 7.08. The Morgan fingerprint density at radius 2 is 2.27 bits per heavy atom. The predicted molar refractivity (Wildman–Crippen MR) is 58.7 cm³/mol. The van der Waals surface area contributed by atoms with Gasteiger partial charge in [-0.15, -0.1) is 11.3 Å². The molecule has 0 aliphatic carbocycles. The zero-order chi connectivity index (χ0) is 10.7. The summed E-state index contributed by atoms with van der Waals surface area (Å²) in [4.78, 5) is 11.1. The maximum absolute atomic E-state index is 13.4. The first-order valence-corrected chi connectivity index (χ1v) is 6.10. The van der Waals surface area contributed by atoms with E-state index in [1.807, 2.05) is 0 Å². The standard InChI is InChI=1S/C11H14FNOS/c12-11-9(3-6-15-11)10(7-14)8-1-4-13-5-2-8/h3,6-8,10,13H,1-2,4-5H2. The largest absolute Gasteiger partial charge is 0.317 e. The van der Waals surface area contributed by atoms with E-state index in [1.165, 1.54) is 0 Å². The van der Waals surface area contributed by atoms with Gasteiger partial charge in [0.25, 0.3) is 0 Å². The lowest BCUT2D eigenvalue weighted by Crippen LogP contribution is -2.31. The van der Waals surface area contributed by atoms with E-state index in [0.717, 1.165) is 43.6 Å². The van der Waals surface area contributed by atoms with E-state index in [2.05, 4.69) is 5.32 Å². The monoisotopic (exact) mass is 227 g/mol. The number of carbonyl (C=O) groups is 1. The van der Waals surface area contributed by atoms with Crippen molar-refractivity contribution in [3.05, 3.63) is 22.1 Å². The maximum atomic E-state index is 13.4. The van der Waals surface area contributed by atoms with Gasteiger partial charge in [-0.1, -0.05) is 0 Å². The van der Waals surface area contributed by atoms with Gasteiger partial charge in [0.1, 0.15) is 6.29 Å². The number of halogens is 1. The van der Waals surface area contributed by atoms with Crippen LogP contribution in [0.3, 0.4) is 0 Å². The van der Waals surface area contributed by atoms with E-state index in [-0.39, 0.29) is 11.0 Å². The summed E-state index contributed by atoms with van der Waals surface area (Å²) in [5.41, 5.74) is 0.585. The fraction of sp³-hybridized carbons (Fsp3) is 0.545. The molecule has 1 aromatic rings. The Balaban J connectivity index is 2.16. The number of rotatable bonds is 3. The lowest BCUT2D eigenvalue weighted by Gasteiger charge is -2.26. The number of hydrogen-bond donors (Lipinski definition) is 1. The lowest BCUT2D eigenvalue weighted by molar-refractivity contribution is -0.110. The second-order valence-corrected chi connectivity index (χ2v) is 4.77. The molecule has 1 atom stereocenters. The number of nitrogens with one attached hydrogen (secondary N) is 1. The van der Waals surface area contributed by atoms with Gasteiger partial charge in [0.2, 0.25) is 0 Å². The number of carbonyl (C=O) groups excluding carboxylic acids is 1. The average molecular weight is 227 g/mol. The molecule has 1 saturated heterocycles. The molecule has 0 bridgehead atoms. The molecule has 0 radical (unpaired) electrons. The van der Waals surface area contributed by atoms with Crippen molar-refractivity contribution in [3.63, 3.8) is 0 Å². The van der Waals surface area contributed by atoms with E-state index in [4.69, 9.17) is 0 Å². The predicted octanol–water partition coefficient (Wildman–Crippen LogP) is 2.17. The van der Waals surface area contributed by atoms with Crippen molar-refractivity contribution in [2.24, 2.45) is 5.92 Å². The zero-order valence-electron chi connectivity index (χ0n) is 8.41. The molecule has 0 amide bonds. The fourth-order valence-electron chi connectivity index (χ4n) is 2.18. The van der Waals surface area contributed by atoms with Crippen LogP contribution in [-0.4, -0.2) is 19.4 Å². The molecule has 1 N–H and O–H groups in total. The molecule has 2 nitrogen and oxygen atoms in total. The third-order valence-corrected chi connectivity index (χ3v) is 3.76. The first kappa shape index (κ1) is 10.8. The molecule has 15 heavy (non-hydrogen) atoms. The quantitative estimate of drug-likeness (QED) is 0.802. The summed E-state index contributed by atoms with van der Waals surface area (Å²) in [6.07, 6.45) is 2.82. The van der Waals surface area contributed by atoms with Gasteiger partial charge in [-0.05, 0) is 43.3 Å².